The van der Waals surface area contributed by atoms with Gasteiger partial charge in [-0.05, 0) is 43.3 Å². The highest BCUT2D eigenvalue weighted by Gasteiger charge is 2.57. The summed E-state index contributed by atoms with van der Waals surface area (Å²) in [6, 6.07) is 6.89. The minimum absolute atomic E-state index is 0.0339. The number of nitrogens with one attached hydrogen (secondary N) is 1. The van der Waals surface area contributed by atoms with Crippen molar-refractivity contribution < 1.29 is 37.0 Å². The first-order chi connectivity index (χ1) is 18.7. The van der Waals surface area contributed by atoms with E-state index in [2.05, 4.69) is 20.3 Å². The van der Waals surface area contributed by atoms with E-state index in [1.807, 2.05) is 0 Å². The molecule has 4 aromatic rings. The topological polar surface area (TPSA) is 166 Å². The number of anilines is 1. The lowest BCUT2D eigenvalue weighted by atomic mass is 9.81. The number of nitrogens with zero attached hydrogens (tertiary/aromatic N) is 3. The lowest BCUT2D eigenvalue weighted by Crippen LogP contribution is -2.51. The number of hydrogen-bond donors (Lipinski definition) is 4. The van der Waals surface area contributed by atoms with Crippen LogP contribution in [0.1, 0.15) is 28.5 Å². The van der Waals surface area contributed by atoms with Gasteiger partial charge in [-0.25, -0.2) is 19.3 Å². The van der Waals surface area contributed by atoms with Crippen molar-refractivity contribution in [1.29, 1.82) is 0 Å². The summed E-state index contributed by atoms with van der Waals surface area (Å²) in [6.07, 6.45) is -4.24. The number of ether oxygens (including phenoxy) is 1. The molecule has 1 aromatic carbocycles. The Morgan fingerprint density at radius 3 is 2.55 bits per heavy atom. The van der Waals surface area contributed by atoms with Crippen LogP contribution in [-0.4, -0.2) is 51.2 Å². The molecule has 40 heavy (non-hydrogen) atoms. The van der Waals surface area contributed by atoms with Gasteiger partial charge in [0.1, 0.15) is 29.3 Å². The molecular formula is C25H20F4N6O4S. The summed E-state index contributed by atoms with van der Waals surface area (Å²) in [4.78, 5) is 37.1. The molecule has 1 aliphatic heterocycles. The van der Waals surface area contributed by atoms with Gasteiger partial charge in [0.2, 0.25) is 11.5 Å². The molecule has 3 aromatic heterocycles. The van der Waals surface area contributed by atoms with Gasteiger partial charge in [-0.1, -0.05) is 11.3 Å². The first-order valence-corrected chi connectivity index (χ1v) is 12.4. The molecule has 5 rings (SSSR count). The van der Waals surface area contributed by atoms with Gasteiger partial charge in [0, 0.05) is 17.3 Å². The van der Waals surface area contributed by atoms with E-state index in [1.165, 1.54) is 25.1 Å². The van der Waals surface area contributed by atoms with Crippen LogP contribution < -0.4 is 21.5 Å². The maximum atomic E-state index is 14.5. The quantitative estimate of drug-likeness (QED) is 0.254. The zero-order chi connectivity index (χ0) is 29.0. The molecule has 6 N–H and O–H groups in total. The Kier molecular flexibility index (Phi) is 6.38. The summed E-state index contributed by atoms with van der Waals surface area (Å²) in [5.41, 5.74) is 5.08. The summed E-state index contributed by atoms with van der Waals surface area (Å²) in [7, 11) is 0. The van der Waals surface area contributed by atoms with Crippen LogP contribution in [0.15, 0.2) is 42.6 Å². The fourth-order valence-corrected chi connectivity index (χ4v) is 4.94. The molecule has 15 heteroatoms. The van der Waals surface area contributed by atoms with E-state index < -0.39 is 47.1 Å². The van der Waals surface area contributed by atoms with E-state index in [4.69, 9.17) is 16.2 Å². The highest BCUT2D eigenvalue weighted by Crippen LogP contribution is 2.47. The number of pyridine rings is 2. The van der Waals surface area contributed by atoms with Crippen LogP contribution in [0.25, 0.3) is 21.6 Å². The monoisotopic (exact) mass is 576 g/mol. The number of primary amides is 1. The molecule has 1 unspecified atom stereocenters. The summed E-state index contributed by atoms with van der Waals surface area (Å²) < 4.78 is 63.1. The Morgan fingerprint density at radius 2 is 1.90 bits per heavy atom. The molecule has 10 nitrogen and oxygen atoms in total. The van der Waals surface area contributed by atoms with Gasteiger partial charge < -0.3 is 26.6 Å². The zero-order valence-corrected chi connectivity index (χ0v) is 21.4. The van der Waals surface area contributed by atoms with Crippen LogP contribution >= 0.6 is 11.3 Å². The highest BCUT2D eigenvalue weighted by molar-refractivity contribution is 7.22. The van der Waals surface area contributed by atoms with Gasteiger partial charge in [0.25, 0.3) is 5.91 Å². The SMILES string of the molecule is C[C@]1(C(N)=O)COc2c1cc(C(O)(CNC(=O)c1cnc3nc(N)sc3c1)C(F)(F)F)nc2-c1ccc(F)cc1. The fourth-order valence-electron chi connectivity index (χ4n) is 4.21. The van der Waals surface area contributed by atoms with E-state index in [-0.39, 0.29) is 45.5 Å². The average molecular weight is 577 g/mol. The molecule has 0 saturated heterocycles. The van der Waals surface area contributed by atoms with E-state index in [9.17, 15) is 32.3 Å². The summed E-state index contributed by atoms with van der Waals surface area (Å²) >= 11 is 1.03. The Hall–Kier alpha value is -4.37. The van der Waals surface area contributed by atoms with Crippen molar-refractivity contribution in [2.75, 3.05) is 18.9 Å². The second-order valence-electron chi connectivity index (χ2n) is 9.36. The zero-order valence-electron chi connectivity index (χ0n) is 20.5. The van der Waals surface area contributed by atoms with E-state index in [0.717, 1.165) is 35.7 Å². The normalized spacial score (nSPS) is 18.1. The lowest BCUT2D eigenvalue weighted by molar-refractivity contribution is -0.265. The van der Waals surface area contributed by atoms with Crippen molar-refractivity contribution in [2.24, 2.45) is 5.73 Å². The number of aromatic nitrogens is 3. The second kappa shape index (κ2) is 9.38. The number of aliphatic hydroxyl groups is 1. The molecule has 0 radical (unpaired) electrons. The van der Waals surface area contributed by atoms with Gasteiger partial charge in [0.05, 0.1) is 22.5 Å². The number of rotatable bonds is 6. The van der Waals surface area contributed by atoms with Gasteiger partial charge in [-0.2, -0.15) is 13.2 Å². The Bertz CT molecular complexity index is 1660. The van der Waals surface area contributed by atoms with Crippen LogP contribution in [0.4, 0.5) is 22.7 Å². The Morgan fingerprint density at radius 1 is 1.20 bits per heavy atom. The number of thiazole rings is 1. The number of alkyl halides is 3. The maximum absolute atomic E-state index is 14.5. The molecular weight excluding hydrogens is 556 g/mol. The Balaban J connectivity index is 1.58. The first-order valence-electron chi connectivity index (χ1n) is 11.6. The third-order valence-electron chi connectivity index (χ3n) is 6.66. The number of nitrogen functional groups attached to an aromatic ring is 1. The van der Waals surface area contributed by atoms with Crippen LogP contribution in [0.2, 0.25) is 0 Å². The predicted molar refractivity (Wildman–Crippen MR) is 136 cm³/mol. The number of carbonyl (C=O) groups excluding carboxylic acids is 2. The minimum Gasteiger partial charge on any atom is -0.489 e. The number of fused-ring (bicyclic) bond motifs is 2. The van der Waals surface area contributed by atoms with Gasteiger partial charge in [-0.15, -0.1) is 0 Å². The lowest BCUT2D eigenvalue weighted by Gasteiger charge is -2.31. The van der Waals surface area contributed by atoms with Crippen LogP contribution in [0, 0.1) is 5.82 Å². The standard InChI is InChI=1S/C25H20F4N6O4S/c1-23(21(30)37)10-39-18-14(23)7-16(34-17(18)11-2-4-13(26)5-3-11)24(38,25(27,28)29)9-33-20(36)12-6-15-19(32-8-12)35-22(31)40-15/h2-8,38H,9-10H2,1H3,(H2,30,37)(H,33,36)(H2,31,32,35)/t23-,24?/m0/s1. The average Bonchev–Trinajstić information content (AvgIpc) is 3.45. The number of benzene rings is 1. The van der Waals surface area contributed by atoms with Gasteiger partial charge >= 0.3 is 6.18 Å². The highest BCUT2D eigenvalue weighted by atomic mass is 32.1. The summed E-state index contributed by atoms with van der Waals surface area (Å²) in [6.45, 7) is -0.264. The molecule has 0 bridgehead atoms. The van der Waals surface area contributed by atoms with Crippen molar-refractivity contribution >= 4 is 38.6 Å². The van der Waals surface area contributed by atoms with Crippen molar-refractivity contribution in [3.8, 4) is 17.0 Å². The smallest absolute Gasteiger partial charge is 0.424 e. The van der Waals surface area contributed by atoms with Crippen molar-refractivity contribution in [2.45, 2.75) is 24.1 Å². The molecule has 0 saturated carbocycles. The number of hydrogen-bond acceptors (Lipinski definition) is 9. The van der Waals surface area contributed by atoms with Crippen LogP contribution in [-0.2, 0) is 15.8 Å². The van der Waals surface area contributed by atoms with E-state index in [1.54, 1.807) is 0 Å². The number of amides is 2. The minimum atomic E-state index is -5.35. The maximum Gasteiger partial charge on any atom is 0.424 e. The fraction of sp³-hybridized carbons (Fsp3) is 0.240. The largest absolute Gasteiger partial charge is 0.489 e. The van der Waals surface area contributed by atoms with Crippen molar-refractivity contribution in [3.63, 3.8) is 0 Å². The third kappa shape index (κ3) is 4.46. The predicted octanol–water partition coefficient (Wildman–Crippen LogP) is 2.79. The van der Waals surface area contributed by atoms with E-state index >= 15 is 0 Å². The Labute approximate surface area is 227 Å². The number of nitrogens with two attached hydrogens (primary N) is 2. The van der Waals surface area contributed by atoms with Crippen LogP contribution in [0.3, 0.4) is 0 Å². The van der Waals surface area contributed by atoms with Crippen LogP contribution in [0.5, 0.6) is 5.75 Å². The molecule has 2 amide bonds. The third-order valence-corrected chi connectivity index (χ3v) is 7.48. The molecule has 0 aliphatic carbocycles. The molecule has 0 fully saturated rings. The molecule has 208 valence electrons. The summed E-state index contributed by atoms with van der Waals surface area (Å²) in [5, 5.41) is 13.4. The first kappa shape index (κ1) is 27.2. The van der Waals surface area contributed by atoms with Crippen molar-refractivity contribution in [1.82, 2.24) is 20.3 Å². The molecule has 1 aliphatic rings. The van der Waals surface area contributed by atoms with E-state index in [0.29, 0.717) is 4.70 Å². The summed E-state index contributed by atoms with van der Waals surface area (Å²) in [5.74, 6) is -2.49. The molecule has 2 atom stereocenters. The van der Waals surface area contributed by atoms with Gasteiger partial charge in [-0.3, -0.25) is 9.59 Å². The number of carbonyl (C=O) groups is 2. The molecule has 4 heterocycles. The van der Waals surface area contributed by atoms with Crippen molar-refractivity contribution in [3.05, 3.63) is 65.2 Å². The second-order valence-corrected chi connectivity index (χ2v) is 10.4. The van der Waals surface area contributed by atoms with Gasteiger partial charge in [0.15, 0.2) is 10.8 Å². The molecule has 0 spiro atoms. The number of halogens is 4.